The highest BCUT2D eigenvalue weighted by Gasteiger charge is 2.30. The van der Waals surface area contributed by atoms with Crippen molar-refractivity contribution in [3.05, 3.63) is 78.0 Å². The van der Waals surface area contributed by atoms with Crippen molar-refractivity contribution in [2.24, 2.45) is 4.99 Å². The smallest absolute Gasteiger partial charge is 0.238 e. The third-order valence-electron chi connectivity index (χ3n) is 4.23. The molecule has 0 fully saturated rings. The van der Waals surface area contributed by atoms with Crippen LogP contribution in [0.3, 0.4) is 0 Å². The van der Waals surface area contributed by atoms with Crippen LogP contribution in [0.2, 0.25) is 0 Å². The van der Waals surface area contributed by atoms with Crippen molar-refractivity contribution >= 4 is 23.6 Å². The molecule has 1 unspecified atom stereocenters. The van der Waals surface area contributed by atoms with E-state index in [1.807, 2.05) is 36.4 Å². The van der Waals surface area contributed by atoms with Gasteiger partial charge in [-0.05, 0) is 29.8 Å². The van der Waals surface area contributed by atoms with Crippen molar-refractivity contribution in [2.75, 3.05) is 5.32 Å². The van der Waals surface area contributed by atoms with Gasteiger partial charge >= 0.3 is 0 Å². The second kappa shape index (κ2) is 6.61. The zero-order valence-electron chi connectivity index (χ0n) is 13.8. The number of benzene rings is 2. The second-order valence-corrected chi connectivity index (χ2v) is 5.94. The first-order chi connectivity index (χ1) is 12.7. The molecule has 4 rings (SSSR count). The first kappa shape index (κ1) is 15.7. The number of fused-ring (bicyclic) bond motifs is 1. The number of nitrogens with one attached hydrogen (secondary N) is 1. The Morgan fingerprint density at radius 2 is 1.92 bits per heavy atom. The van der Waals surface area contributed by atoms with Crippen LogP contribution in [0, 0.1) is 11.3 Å². The number of rotatable bonds is 3. The van der Waals surface area contributed by atoms with Crippen molar-refractivity contribution in [2.45, 2.75) is 5.92 Å². The molecule has 0 aliphatic carbocycles. The molecule has 1 N–H and O–H groups in total. The number of nitrogens with zero attached hydrogens (tertiary/aromatic N) is 3. The minimum absolute atomic E-state index is 0.155. The van der Waals surface area contributed by atoms with E-state index in [0.29, 0.717) is 17.1 Å². The Morgan fingerprint density at radius 3 is 2.73 bits per heavy atom. The van der Waals surface area contributed by atoms with Crippen molar-refractivity contribution in [1.82, 2.24) is 4.98 Å². The molecule has 2 aromatic carbocycles. The van der Waals surface area contributed by atoms with Gasteiger partial charge in [-0.3, -0.25) is 9.79 Å². The molecule has 0 radical (unpaired) electrons. The number of hydrogen-bond donors (Lipinski definition) is 1. The number of amides is 1. The van der Waals surface area contributed by atoms with Crippen LogP contribution in [0.15, 0.2) is 71.9 Å². The third-order valence-corrected chi connectivity index (χ3v) is 4.23. The van der Waals surface area contributed by atoms with Crippen LogP contribution < -0.4 is 5.32 Å². The first-order valence-electron chi connectivity index (χ1n) is 8.15. The topological polar surface area (TPSA) is 78.1 Å². The van der Waals surface area contributed by atoms with Gasteiger partial charge in [-0.2, -0.15) is 5.26 Å². The number of aromatic nitrogens is 1. The summed E-state index contributed by atoms with van der Waals surface area (Å²) in [6, 6.07) is 20.9. The normalized spacial score (nSPS) is 15.5. The van der Waals surface area contributed by atoms with Crippen LogP contribution >= 0.6 is 0 Å². The molecule has 1 atom stereocenters. The number of hydrogen-bond acceptors (Lipinski definition) is 4. The van der Waals surface area contributed by atoms with E-state index < -0.39 is 5.92 Å². The molecule has 0 spiro atoms. The average molecular weight is 338 g/mol. The number of pyridine rings is 1. The molecule has 5 heteroatoms. The van der Waals surface area contributed by atoms with Crippen LogP contribution in [0.1, 0.15) is 17.0 Å². The van der Waals surface area contributed by atoms with Crippen LogP contribution in [0.25, 0.3) is 11.1 Å². The summed E-state index contributed by atoms with van der Waals surface area (Å²) in [5.41, 5.74) is 3.96. The third kappa shape index (κ3) is 2.96. The maximum Gasteiger partial charge on any atom is 0.238 e. The van der Waals surface area contributed by atoms with Gasteiger partial charge in [-0.1, -0.05) is 36.4 Å². The Balaban J connectivity index is 1.68. The number of carbonyl (C=O) groups excluding carboxylic acids is 1. The summed E-state index contributed by atoms with van der Waals surface area (Å²) in [7, 11) is 0. The summed E-state index contributed by atoms with van der Waals surface area (Å²) < 4.78 is 0. The molecule has 0 saturated carbocycles. The molecular formula is C21H14N4O. The molecule has 1 aromatic heterocycles. The number of anilines is 1. The zero-order chi connectivity index (χ0) is 17.9. The standard InChI is InChI=1S/C21H14N4O/c22-11-14-5-4-8-17(9-14)23-13-19-18-10-16(15-6-2-1-3-7-15)12-24-20(18)25-21(19)26/h1-10,12-13,19H,(H,24,25,26). The minimum atomic E-state index is -0.507. The molecule has 0 saturated heterocycles. The predicted octanol–water partition coefficient (Wildman–Crippen LogP) is 4.06. The highest BCUT2D eigenvalue weighted by molar-refractivity contribution is 6.12. The molecule has 26 heavy (non-hydrogen) atoms. The largest absolute Gasteiger partial charge is 0.310 e. The lowest BCUT2D eigenvalue weighted by atomic mass is 9.99. The fourth-order valence-corrected chi connectivity index (χ4v) is 2.91. The molecule has 124 valence electrons. The molecule has 1 aliphatic rings. The average Bonchev–Trinajstić information content (AvgIpc) is 3.01. The van der Waals surface area contributed by atoms with E-state index in [2.05, 4.69) is 21.4 Å². The molecule has 1 aliphatic heterocycles. The maximum atomic E-state index is 12.3. The molecule has 2 heterocycles. The lowest BCUT2D eigenvalue weighted by Gasteiger charge is -2.06. The summed E-state index contributed by atoms with van der Waals surface area (Å²) in [6.45, 7) is 0. The molecule has 0 bridgehead atoms. The zero-order valence-corrected chi connectivity index (χ0v) is 13.8. The molecule has 5 nitrogen and oxygen atoms in total. The highest BCUT2D eigenvalue weighted by Crippen LogP contribution is 2.33. The van der Waals surface area contributed by atoms with E-state index in [4.69, 9.17) is 5.26 Å². The lowest BCUT2D eigenvalue weighted by molar-refractivity contribution is -0.115. The highest BCUT2D eigenvalue weighted by atomic mass is 16.2. The molecular weight excluding hydrogens is 324 g/mol. The van der Waals surface area contributed by atoms with E-state index in [-0.39, 0.29) is 5.91 Å². The van der Waals surface area contributed by atoms with E-state index in [0.717, 1.165) is 16.7 Å². The van der Waals surface area contributed by atoms with Gasteiger partial charge in [0.1, 0.15) is 11.7 Å². The van der Waals surface area contributed by atoms with Crippen LogP contribution in [-0.4, -0.2) is 17.1 Å². The number of aliphatic imine (C=N–C) groups is 1. The summed E-state index contributed by atoms with van der Waals surface area (Å²) in [4.78, 5) is 21.1. The van der Waals surface area contributed by atoms with E-state index in [1.165, 1.54) is 0 Å². The van der Waals surface area contributed by atoms with Gasteiger partial charge in [0.15, 0.2) is 0 Å². The summed E-state index contributed by atoms with van der Waals surface area (Å²) in [5.74, 6) is -0.0956. The lowest BCUT2D eigenvalue weighted by Crippen LogP contribution is -2.12. The van der Waals surface area contributed by atoms with Gasteiger partial charge in [-0.25, -0.2) is 4.98 Å². The Labute approximate surface area is 150 Å². The van der Waals surface area contributed by atoms with Crippen molar-refractivity contribution in [1.29, 1.82) is 5.26 Å². The minimum Gasteiger partial charge on any atom is -0.310 e. The summed E-state index contributed by atoms with van der Waals surface area (Å²) in [5, 5.41) is 11.8. The Hall–Kier alpha value is -3.78. The quantitative estimate of drug-likeness (QED) is 0.732. The summed E-state index contributed by atoms with van der Waals surface area (Å²) >= 11 is 0. The fourth-order valence-electron chi connectivity index (χ4n) is 2.91. The van der Waals surface area contributed by atoms with Gasteiger partial charge in [-0.15, -0.1) is 0 Å². The maximum absolute atomic E-state index is 12.3. The monoisotopic (exact) mass is 338 g/mol. The fraction of sp³-hybridized carbons (Fsp3) is 0.0476. The van der Waals surface area contributed by atoms with Crippen molar-refractivity contribution in [3.63, 3.8) is 0 Å². The van der Waals surface area contributed by atoms with Crippen LogP contribution in [0.4, 0.5) is 11.5 Å². The summed E-state index contributed by atoms with van der Waals surface area (Å²) in [6.07, 6.45) is 3.36. The van der Waals surface area contributed by atoms with Gasteiger partial charge in [0.25, 0.3) is 0 Å². The van der Waals surface area contributed by atoms with E-state index >= 15 is 0 Å². The Kier molecular flexibility index (Phi) is 4.00. The SMILES string of the molecule is N#Cc1cccc(N=CC2C(=O)Nc3ncc(-c4ccccc4)cc32)c1. The van der Waals surface area contributed by atoms with Gasteiger partial charge < -0.3 is 5.32 Å². The van der Waals surface area contributed by atoms with Crippen molar-refractivity contribution in [3.8, 4) is 17.2 Å². The second-order valence-electron chi connectivity index (χ2n) is 5.94. The number of carbonyl (C=O) groups is 1. The van der Waals surface area contributed by atoms with E-state index in [1.54, 1.807) is 36.7 Å². The van der Waals surface area contributed by atoms with E-state index in [9.17, 15) is 4.79 Å². The Morgan fingerprint density at radius 1 is 1.08 bits per heavy atom. The first-order valence-corrected chi connectivity index (χ1v) is 8.15. The van der Waals surface area contributed by atoms with Crippen LogP contribution in [-0.2, 0) is 4.79 Å². The predicted molar refractivity (Wildman–Crippen MR) is 100 cm³/mol. The van der Waals surface area contributed by atoms with Crippen molar-refractivity contribution < 1.29 is 4.79 Å². The number of nitriles is 1. The molecule has 1 amide bonds. The van der Waals surface area contributed by atoms with Gasteiger partial charge in [0.2, 0.25) is 5.91 Å². The Bertz CT molecular complexity index is 1050. The van der Waals surface area contributed by atoms with Crippen LogP contribution in [0.5, 0.6) is 0 Å². The molecule has 3 aromatic rings. The van der Waals surface area contributed by atoms with Gasteiger partial charge in [0, 0.05) is 23.5 Å². The van der Waals surface area contributed by atoms with Gasteiger partial charge in [0.05, 0.1) is 17.3 Å².